The lowest BCUT2D eigenvalue weighted by Gasteiger charge is -2.21. The highest BCUT2D eigenvalue weighted by atomic mass is 31.2. The fourth-order valence-electron chi connectivity index (χ4n) is 7.50. The zero-order valence-corrected chi connectivity index (χ0v) is 46.5. The smallest absolute Gasteiger partial charge is 0.462 e. The van der Waals surface area contributed by atoms with E-state index in [1.54, 1.807) is 0 Å². The number of phosphoric ester groups is 1. The average Bonchev–Trinajstić information content (AvgIpc) is 3.37. The van der Waals surface area contributed by atoms with Crippen molar-refractivity contribution in [1.82, 2.24) is 0 Å². The van der Waals surface area contributed by atoms with Crippen molar-refractivity contribution in [2.24, 2.45) is 0 Å². The Labute approximate surface area is 439 Å². The van der Waals surface area contributed by atoms with Crippen molar-refractivity contribution in [3.05, 3.63) is 85.1 Å². The summed E-state index contributed by atoms with van der Waals surface area (Å²) < 4.78 is 39.5. The lowest BCUT2D eigenvalue weighted by atomic mass is 10.1. The minimum Gasteiger partial charge on any atom is -0.462 e. The number of hydrogen-bond acceptors (Lipinski definition) is 10. The summed E-state index contributed by atoms with van der Waals surface area (Å²) in [4.78, 5) is 48.5. The van der Waals surface area contributed by atoms with Crippen LogP contribution < -0.4 is 0 Å². The molecule has 3 unspecified atom stereocenters. The van der Waals surface area contributed by atoms with Crippen molar-refractivity contribution in [2.45, 2.75) is 251 Å². The highest BCUT2D eigenvalue weighted by molar-refractivity contribution is 7.47. The molecule has 0 rings (SSSR count). The number of aliphatic hydroxyl groups excluding tert-OH is 1. The zero-order chi connectivity index (χ0) is 52.7. The highest BCUT2D eigenvalue weighted by Crippen LogP contribution is 2.43. The molecule has 11 nitrogen and oxygen atoms in total. The van der Waals surface area contributed by atoms with Gasteiger partial charge < -0.3 is 24.2 Å². The van der Waals surface area contributed by atoms with Gasteiger partial charge in [-0.05, 0) is 109 Å². The number of hydrogen-bond donors (Lipinski definition) is 2. The Bertz CT molecular complexity index is 1530. The minimum atomic E-state index is -4.76. The lowest BCUT2D eigenvalue weighted by Crippen LogP contribution is -2.30. The van der Waals surface area contributed by atoms with Crippen LogP contribution in [-0.4, -0.2) is 66.5 Å². The van der Waals surface area contributed by atoms with Gasteiger partial charge in [0.05, 0.1) is 19.8 Å². The van der Waals surface area contributed by atoms with E-state index in [4.69, 9.17) is 23.3 Å². The molecule has 0 aliphatic carbocycles. The molecule has 0 bridgehead atoms. The molecule has 12 heteroatoms. The van der Waals surface area contributed by atoms with Gasteiger partial charge in [-0.25, -0.2) is 4.57 Å². The summed E-state index contributed by atoms with van der Waals surface area (Å²) in [6, 6.07) is 0. The number of phosphoric acid groups is 1. The van der Waals surface area contributed by atoms with Gasteiger partial charge in [-0.2, -0.15) is 0 Å². The standard InChI is InChI=1S/C60H103O11P/c1-4-7-10-13-16-19-22-25-27-28-30-33-36-39-42-45-48-51-60(64)71-57(53-67-58(62)49-46-43-40-37-34-32-29-26-23-20-17-14-11-8-5-2)55-69-72(65,66)68-54-56(52-61)70-59(63)50-47-44-41-38-35-31-24-21-18-15-12-9-6-3/h7-8,10-11,16-17,19-21,24-27,29,56-57,61H,4-6,9,12-15,18,22-23,28,30-55H2,1-3H3,(H,65,66)/b10-7-,11-8-,19-16-,20-17-,24-21-,27-25-,29-26-. The Morgan fingerprint density at radius 1 is 0.403 bits per heavy atom. The van der Waals surface area contributed by atoms with E-state index in [2.05, 4.69) is 106 Å². The molecule has 0 spiro atoms. The average molecular weight is 1030 g/mol. The molecule has 0 radical (unpaired) electrons. The van der Waals surface area contributed by atoms with Crippen LogP contribution in [-0.2, 0) is 42.2 Å². The molecule has 0 amide bonds. The van der Waals surface area contributed by atoms with E-state index in [0.29, 0.717) is 19.3 Å². The summed E-state index contributed by atoms with van der Waals surface area (Å²) in [7, 11) is -4.76. The maximum atomic E-state index is 12.9. The van der Waals surface area contributed by atoms with Gasteiger partial charge in [0, 0.05) is 19.3 Å². The van der Waals surface area contributed by atoms with E-state index in [1.807, 2.05) is 0 Å². The lowest BCUT2D eigenvalue weighted by molar-refractivity contribution is -0.161. The van der Waals surface area contributed by atoms with Crippen LogP contribution in [0.3, 0.4) is 0 Å². The maximum Gasteiger partial charge on any atom is 0.472 e. The van der Waals surface area contributed by atoms with Gasteiger partial charge in [0.25, 0.3) is 0 Å². The summed E-state index contributed by atoms with van der Waals surface area (Å²) in [6.45, 7) is 4.37. The second kappa shape index (κ2) is 53.9. The fourth-order valence-corrected chi connectivity index (χ4v) is 8.28. The molecular weight excluding hydrogens is 928 g/mol. The predicted octanol–water partition coefficient (Wildman–Crippen LogP) is 16.7. The number of carbonyl (C=O) groups excluding carboxylic acids is 3. The van der Waals surface area contributed by atoms with Gasteiger partial charge >= 0.3 is 25.7 Å². The third kappa shape index (κ3) is 51.6. The van der Waals surface area contributed by atoms with Crippen LogP contribution in [0.25, 0.3) is 0 Å². The molecule has 0 heterocycles. The van der Waals surface area contributed by atoms with Crippen LogP contribution in [0.5, 0.6) is 0 Å². The normalized spacial score (nSPS) is 14.0. The Kier molecular flexibility index (Phi) is 51.4. The first-order valence-corrected chi connectivity index (χ1v) is 30.0. The molecule has 0 aromatic carbocycles. The van der Waals surface area contributed by atoms with Crippen molar-refractivity contribution >= 4 is 25.7 Å². The van der Waals surface area contributed by atoms with Gasteiger partial charge in [-0.15, -0.1) is 0 Å². The van der Waals surface area contributed by atoms with E-state index < -0.39 is 57.8 Å². The monoisotopic (exact) mass is 1030 g/mol. The number of unbranched alkanes of at least 4 members (excludes halogenated alkanes) is 21. The van der Waals surface area contributed by atoms with E-state index in [0.717, 1.165) is 148 Å². The molecule has 0 aliphatic rings. The van der Waals surface area contributed by atoms with E-state index in [1.165, 1.54) is 32.1 Å². The van der Waals surface area contributed by atoms with Gasteiger partial charge in [-0.1, -0.05) is 196 Å². The van der Waals surface area contributed by atoms with E-state index in [9.17, 15) is 28.9 Å². The van der Waals surface area contributed by atoms with Crippen molar-refractivity contribution < 1.29 is 52.2 Å². The van der Waals surface area contributed by atoms with Crippen LogP contribution in [0.1, 0.15) is 239 Å². The van der Waals surface area contributed by atoms with Gasteiger partial charge in [-0.3, -0.25) is 23.4 Å². The quantitative estimate of drug-likeness (QED) is 0.0197. The Morgan fingerprint density at radius 3 is 1.12 bits per heavy atom. The summed E-state index contributed by atoms with van der Waals surface area (Å²) >= 11 is 0. The molecule has 0 aliphatic heterocycles. The van der Waals surface area contributed by atoms with Crippen molar-refractivity contribution in [2.75, 3.05) is 26.4 Å². The van der Waals surface area contributed by atoms with Crippen LogP contribution in [0.15, 0.2) is 85.1 Å². The first-order valence-electron chi connectivity index (χ1n) is 28.5. The van der Waals surface area contributed by atoms with Crippen LogP contribution in [0.4, 0.5) is 0 Å². The summed E-state index contributed by atoms with van der Waals surface area (Å²) in [5, 5.41) is 9.80. The van der Waals surface area contributed by atoms with E-state index >= 15 is 0 Å². The zero-order valence-electron chi connectivity index (χ0n) is 45.6. The summed E-state index contributed by atoms with van der Waals surface area (Å²) in [5.74, 6) is -1.51. The van der Waals surface area contributed by atoms with Gasteiger partial charge in [0.15, 0.2) is 6.10 Å². The molecule has 0 saturated carbocycles. The number of esters is 3. The first kappa shape index (κ1) is 68.7. The first-order chi connectivity index (χ1) is 35.2. The third-order valence-electron chi connectivity index (χ3n) is 11.8. The minimum absolute atomic E-state index is 0.149. The van der Waals surface area contributed by atoms with E-state index in [-0.39, 0.29) is 25.9 Å². The van der Waals surface area contributed by atoms with Crippen molar-refractivity contribution in [1.29, 1.82) is 0 Å². The van der Waals surface area contributed by atoms with Crippen molar-refractivity contribution in [3.8, 4) is 0 Å². The Balaban J connectivity index is 4.78. The second-order valence-electron chi connectivity index (χ2n) is 18.7. The predicted molar refractivity (Wildman–Crippen MR) is 298 cm³/mol. The molecule has 2 N–H and O–H groups in total. The third-order valence-corrected chi connectivity index (χ3v) is 12.7. The summed E-state index contributed by atoms with van der Waals surface area (Å²) in [5.41, 5.74) is 0. The number of ether oxygens (including phenoxy) is 3. The SMILES string of the molecule is CC/C=C\C/C=C\C/C=C\CCCCCCCCCC(=O)OC(COC(=O)CCCCCCC/C=C\C/C=C\C/C=C\CC)COP(=O)(O)OCC(CO)OC(=O)CCCCCCC/C=C\CCCCCC. The molecule has 72 heavy (non-hydrogen) atoms. The molecule has 0 aromatic heterocycles. The molecule has 0 saturated heterocycles. The number of aliphatic hydroxyl groups is 1. The van der Waals surface area contributed by atoms with Crippen LogP contribution in [0, 0.1) is 0 Å². The second-order valence-corrected chi connectivity index (χ2v) is 20.1. The Morgan fingerprint density at radius 2 is 0.722 bits per heavy atom. The van der Waals surface area contributed by atoms with Gasteiger partial charge in [0.2, 0.25) is 0 Å². The molecule has 3 atom stereocenters. The Hall–Kier alpha value is -3.34. The molecule has 414 valence electrons. The van der Waals surface area contributed by atoms with Crippen LogP contribution in [0.2, 0.25) is 0 Å². The fraction of sp³-hybridized carbons (Fsp3) is 0.717. The van der Waals surface area contributed by atoms with Gasteiger partial charge in [0.1, 0.15) is 12.7 Å². The number of rotatable bonds is 52. The maximum absolute atomic E-state index is 12.9. The summed E-state index contributed by atoms with van der Waals surface area (Å²) in [6.07, 6.45) is 61.1. The molecule has 0 fully saturated rings. The number of allylic oxidation sites excluding steroid dienone is 14. The van der Waals surface area contributed by atoms with Crippen molar-refractivity contribution in [3.63, 3.8) is 0 Å². The largest absolute Gasteiger partial charge is 0.472 e. The topological polar surface area (TPSA) is 155 Å². The molecular formula is C60H103O11P. The molecule has 0 aromatic rings. The highest BCUT2D eigenvalue weighted by Gasteiger charge is 2.28. The van der Waals surface area contributed by atoms with Crippen LogP contribution >= 0.6 is 7.82 Å². The number of carbonyl (C=O) groups is 3.